The third-order valence-electron chi connectivity index (χ3n) is 6.27. The highest BCUT2D eigenvalue weighted by Crippen LogP contribution is 2.28. The van der Waals surface area contributed by atoms with Crippen LogP contribution in [-0.2, 0) is 0 Å². The molecule has 2 N–H and O–H groups in total. The zero-order valence-corrected chi connectivity index (χ0v) is 21.6. The average molecular weight is 506 g/mol. The van der Waals surface area contributed by atoms with E-state index in [-0.39, 0.29) is 17.7 Å². The van der Waals surface area contributed by atoms with Gasteiger partial charge in [-0.05, 0) is 73.9 Å². The van der Waals surface area contributed by atoms with E-state index >= 15 is 0 Å². The Morgan fingerprint density at radius 2 is 1.68 bits per heavy atom. The molecule has 5 aromatic rings. The van der Waals surface area contributed by atoms with Gasteiger partial charge < -0.3 is 9.84 Å². The van der Waals surface area contributed by atoms with Gasteiger partial charge in [-0.25, -0.2) is 4.98 Å². The number of anilines is 2. The number of nitrogens with one attached hydrogen (secondary N) is 2. The third-order valence-corrected chi connectivity index (χ3v) is 6.27. The van der Waals surface area contributed by atoms with Crippen molar-refractivity contribution in [2.75, 3.05) is 10.6 Å². The number of aromatic nitrogens is 3. The van der Waals surface area contributed by atoms with Crippen LogP contribution < -0.4 is 10.6 Å². The maximum Gasteiger partial charge on any atom is 0.258 e. The van der Waals surface area contributed by atoms with Gasteiger partial charge in [0.1, 0.15) is 0 Å². The second kappa shape index (κ2) is 10.3. The monoisotopic (exact) mass is 505 g/mol. The van der Waals surface area contributed by atoms with Crippen LogP contribution in [0.1, 0.15) is 57.2 Å². The van der Waals surface area contributed by atoms with E-state index in [1.165, 1.54) is 0 Å². The number of benzene rings is 2. The van der Waals surface area contributed by atoms with Crippen LogP contribution in [0.5, 0.6) is 0 Å². The number of carbonyl (C=O) groups is 2. The summed E-state index contributed by atoms with van der Waals surface area (Å²) in [5, 5.41) is 10.3. The first kappa shape index (κ1) is 24.8. The molecule has 0 atom stereocenters. The lowest BCUT2D eigenvalue weighted by atomic mass is 10.00. The van der Waals surface area contributed by atoms with Crippen molar-refractivity contribution in [2.24, 2.45) is 0 Å². The fraction of sp³-hybridized carbons (Fsp3) is 0.167. The fourth-order valence-corrected chi connectivity index (χ4v) is 4.35. The molecule has 0 fully saturated rings. The average Bonchev–Trinajstić information content (AvgIpc) is 3.37. The third kappa shape index (κ3) is 5.01. The molecule has 0 saturated carbocycles. The number of hydrogen-bond donors (Lipinski definition) is 2. The molecule has 0 aliphatic heterocycles. The van der Waals surface area contributed by atoms with E-state index in [2.05, 4.69) is 20.8 Å². The van der Waals surface area contributed by atoms with Crippen LogP contribution in [0.2, 0.25) is 0 Å². The van der Waals surface area contributed by atoms with Crippen molar-refractivity contribution in [1.82, 2.24) is 15.1 Å². The van der Waals surface area contributed by atoms with E-state index < -0.39 is 0 Å². The van der Waals surface area contributed by atoms with Crippen LogP contribution in [0, 0.1) is 13.8 Å². The van der Waals surface area contributed by atoms with Gasteiger partial charge in [-0.3, -0.25) is 19.9 Å². The summed E-state index contributed by atoms with van der Waals surface area (Å²) in [4.78, 5) is 35.5. The number of rotatable bonds is 6. The van der Waals surface area contributed by atoms with E-state index in [4.69, 9.17) is 9.51 Å². The number of aryl methyl sites for hydroxylation is 2. The minimum absolute atomic E-state index is 0.157. The molecule has 0 unspecified atom stereocenters. The molecule has 38 heavy (non-hydrogen) atoms. The number of nitrogens with zero attached hydrogens (tertiary/aromatic N) is 3. The number of hydrogen-bond acceptors (Lipinski definition) is 6. The van der Waals surface area contributed by atoms with Gasteiger partial charge in [-0.15, -0.1) is 0 Å². The van der Waals surface area contributed by atoms with Crippen molar-refractivity contribution in [1.29, 1.82) is 0 Å². The maximum atomic E-state index is 13.5. The van der Waals surface area contributed by atoms with Gasteiger partial charge in [0, 0.05) is 28.4 Å². The lowest BCUT2D eigenvalue weighted by Gasteiger charge is -2.13. The van der Waals surface area contributed by atoms with Crippen molar-refractivity contribution in [2.45, 2.75) is 33.6 Å². The summed E-state index contributed by atoms with van der Waals surface area (Å²) in [6.07, 6.45) is 3.30. The highest BCUT2D eigenvalue weighted by Gasteiger charge is 2.18. The molecular formula is C30H27N5O3. The Hall–Kier alpha value is -4.85. The summed E-state index contributed by atoms with van der Waals surface area (Å²) in [6, 6.07) is 18.1. The summed E-state index contributed by atoms with van der Waals surface area (Å²) in [5.41, 5.74) is 6.38. The van der Waals surface area contributed by atoms with Crippen LogP contribution in [0.15, 0.2) is 77.6 Å². The Bertz CT molecular complexity index is 1640. The van der Waals surface area contributed by atoms with Gasteiger partial charge in [0.15, 0.2) is 0 Å². The molecule has 5 rings (SSSR count). The molecule has 8 heteroatoms. The molecule has 8 nitrogen and oxygen atoms in total. The zero-order chi connectivity index (χ0) is 26.8. The van der Waals surface area contributed by atoms with Gasteiger partial charge in [0.05, 0.1) is 28.7 Å². The molecule has 2 aromatic carbocycles. The van der Waals surface area contributed by atoms with Crippen LogP contribution in [0.4, 0.5) is 11.6 Å². The van der Waals surface area contributed by atoms with Crippen LogP contribution in [-0.4, -0.2) is 26.9 Å². The van der Waals surface area contributed by atoms with Crippen molar-refractivity contribution in [3.05, 3.63) is 101 Å². The lowest BCUT2D eigenvalue weighted by Crippen LogP contribution is -2.15. The molecule has 0 radical (unpaired) electrons. The van der Waals surface area contributed by atoms with Gasteiger partial charge in [0.25, 0.3) is 11.8 Å². The highest BCUT2D eigenvalue weighted by molar-refractivity contribution is 6.13. The van der Waals surface area contributed by atoms with Crippen molar-refractivity contribution < 1.29 is 14.1 Å². The minimum atomic E-state index is -0.326. The summed E-state index contributed by atoms with van der Waals surface area (Å²) in [7, 11) is 0. The standard InChI is InChI=1S/C30H27N5O3/c1-17(2)24-16-32-38-30(24)35-28(36)20-8-10-21(11-9-20)33-29(37)23-15-26(25-7-5-6-12-31-25)34-27-19(4)13-18(3)14-22(23)27/h5-17H,1-4H3,(H,33,37)(H,35,36). The number of amides is 2. The van der Waals surface area contributed by atoms with Gasteiger partial charge >= 0.3 is 0 Å². The first-order valence-electron chi connectivity index (χ1n) is 12.3. The summed E-state index contributed by atoms with van der Waals surface area (Å²) >= 11 is 0. The first-order chi connectivity index (χ1) is 18.3. The SMILES string of the molecule is Cc1cc(C)c2nc(-c3ccccn3)cc(C(=O)Nc3ccc(C(=O)Nc4oncc4C(C)C)cc3)c2c1. The van der Waals surface area contributed by atoms with E-state index in [9.17, 15) is 9.59 Å². The van der Waals surface area contributed by atoms with Crippen molar-refractivity contribution in [3.8, 4) is 11.4 Å². The van der Waals surface area contributed by atoms with Crippen LogP contribution in [0.3, 0.4) is 0 Å². The quantitative estimate of drug-likeness (QED) is 0.271. The second-order valence-electron chi connectivity index (χ2n) is 9.50. The maximum absolute atomic E-state index is 13.5. The van der Waals surface area contributed by atoms with E-state index in [1.807, 2.05) is 58.0 Å². The van der Waals surface area contributed by atoms with E-state index in [0.29, 0.717) is 34.1 Å². The molecule has 3 aromatic heterocycles. The summed E-state index contributed by atoms with van der Waals surface area (Å²) < 4.78 is 5.19. The predicted octanol–water partition coefficient (Wildman–Crippen LogP) is 6.53. The summed E-state index contributed by atoms with van der Waals surface area (Å²) in [6.45, 7) is 7.97. The number of carbonyl (C=O) groups excluding carboxylic acids is 2. The Labute approximate surface area is 220 Å². The molecule has 0 bridgehead atoms. The van der Waals surface area contributed by atoms with Gasteiger partial charge in [-0.2, -0.15) is 0 Å². The molecular weight excluding hydrogens is 478 g/mol. The molecule has 190 valence electrons. The molecule has 0 aliphatic rings. The second-order valence-corrected chi connectivity index (χ2v) is 9.50. The Balaban J connectivity index is 1.42. The fourth-order valence-electron chi connectivity index (χ4n) is 4.35. The first-order valence-corrected chi connectivity index (χ1v) is 12.3. The molecule has 3 heterocycles. The van der Waals surface area contributed by atoms with E-state index in [1.54, 1.807) is 42.7 Å². The Morgan fingerprint density at radius 1 is 0.895 bits per heavy atom. The molecule has 0 spiro atoms. The largest absolute Gasteiger partial charge is 0.338 e. The Morgan fingerprint density at radius 3 is 2.39 bits per heavy atom. The predicted molar refractivity (Wildman–Crippen MR) is 147 cm³/mol. The molecule has 0 aliphatic carbocycles. The lowest BCUT2D eigenvalue weighted by molar-refractivity contribution is 0.101. The number of fused-ring (bicyclic) bond motifs is 1. The summed E-state index contributed by atoms with van der Waals surface area (Å²) in [5.74, 6) is -0.113. The smallest absolute Gasteiger partial charge is 0.258 e. The normalized spacial score (nSPS) is 11.1. The molecule has 0 saturated heterocycles. The van der Waals surface area contributed by atoms with Crippen molar-refractivity contribution >= 4 is 34.3 Å². The van der Waals surface area contributed by atoms with E-state index in [0.717, 1.165) is 27.6 Å². The zero-order valence-electron chi connectivity index (χ0n) is 21.6. The van der Waals surface area contributed by atoms with Crippen LogP contribution >= 0.6 is 0 Å². The van der Waals surface area contributed by atoms with Gasteiger partial charge in [-0.1, -0.05) is 36.7 Å². The highest BCUT2D eigenvalue weighted by atomic mass is 16.5. The van der Waals surface area contributed by atoms with Crippen LogP contribution in [0.25, 0.3) is 22.3 Å². The molecule has 2 amide bonds. The van der Waals surface area contributed by atoms with Crippen molar-refractivity contribution in [3.63, 3.8) is 0 Å². The van der Waals surface area contributed by atoms with Gasteiger partial charge in [0.2, 0.25) is 5.88 Å². The Kier molecular flexibility index (Phi) is 6.70. The topological polar surface area (TPSA) is 110 Å². The minimum Gasteiger partial charge on any atom is -0.338 e. The number of pyridine rings is 2.